The molecule has 2 unspecified atom stereocenters. The van der Waals surface area contributed by atoms with Gasteiger partial charge in [0.05, 0.1) is 5.02 Å². The molecule has 0 amide bonds. The summed E-state index contributed by atoms with van der Waals surface area (Å²) in [6.45, 7) is 3.87. The summed E-state index contributed by atoms with van der Waals surface area (Å²) in [7, 11) is 0. The Kier molecular flexibility index (Phi) is 8.30. The summed E-state index contributed by atoms with van der Waals surface area (Å²) in [6.07, 6.45) is 1.57. The molecule has 0 spiro atoms. The van der Waals surface area contributed by atoms with E-state index in [-0.39, 0.29) is 6.61 Å². The van der Waals surface area contributed by atoms with Gasteiger partial charge in [0.1, 0.15) is 18.5 Å². The second kappa shape index (κ2) is 9.48. The fourth-order valence-electron chi connectivity index (χ4n) is 1.65. The van der Waals surface area contributed by atoms with Crippen LogP contribution in [-0.2, 0) is 0 Å². The number of aliphatic hydroxyl groups is 1. The second-order valence-corrected chi connectivity index (χ2v) is 5.93. The zero-order valence-electron chi connectivity index (χ0n) is 11.4. The smallest absolute Gasteiger partial charge is 0.138 e. The standard InChI is InChI=1S/C14H22ClNO2S/c1-11(10-19-2)7-16-8-12(17)9-18-14-6-4-3-5-13(14)15/h3-6,11-12,16-17H,7-10H2,1-2H3. The molecule has 0 fully saturated rings. The van der Waals surface area contributed by atoms with Crippen molar-refractivity contribution >= 4 is 23.4 Å². The predicted molar refractivity (Wildman–Crippen MR) is 83.4 cm³/mol. The summed E-state index contributed by atoms with van der Waals surface area (Å²) in [5, 5.41) is 13.6. The van der Waals surface area contributed by atoms with E-state index in [2.05, 4.69) is 18.5 Å². The van der Waals surface area contributed by atoms with Crippen LogP contribution in [0.1, 0.15) is 6.92 Å². The summed E-state index contributed by atoms with van der Waals surface area (Å²) in [4.78, 5) is 0. The van der Waals surface area contributed by atoms with E-state index in [1.54, 1.807) is 12.1 Å². The summed E-state index contributed by atoms with van der Waals surface area (Å²) < 4.78 is 5.48. The molecule has 0 bridgehead atoms. The number of para-hydroxylation sites is 1. The molecule has 0 saturated heterocycles. The fourth-order valence-corrected chi connectivity index (χ4v) is 2.52. The van der Waals surface area contributed by atoms with Gasteiger partial charge in [-0.05, 0) is 36.6 Å². The van der Waals surface area contributed by atoms with E-state index in [0.717, 1.165) is 12.3 Å². The van der Waals surface area contributed by atoms with Crippen molar-refractivity contribution in [2.24, 2.45) is 5.92 Å². The van der Waals surface area contributed by atoms with Crippen molar-refractivity contribution in [1.29, 1.82) is 0 Å². The third-order valence-corrected chi connectivity index (χ3v) is 3.81. The molecular formula is C14H22ClNO2S. The third kappa shape index (κ3) is 7.06. The molecule has 5 heteroatoms. The Bertz CT molecular complexity index is 365. The maximum atomic E-state index is 9.81. The number of halogens is 1. The van der Waals surface area contributed by atoms with Crippen LogP contribution in [0.25, 0.3) is 0 Å². The Hall–Kier alpha value is -0.420. The zero-order chi connectivity index (χ0) is 14.1. The second-order valence-electron chi connectivity index (χ2n) is 4.61. The maximum absolute atomic E-state index is 9.81. The molecule has 19 heavy (non-hydrogen) atoms. The minimum absolute atomic E-state index is 0.244. The monoisotopic (exact) mass is 303 g/mol. The van der Waals surface area contributed by atoms with Gasteiger partial charge in [0.15, 0.2) is 0 Å². The lowest BCUT2D eigenvalue weighted by atomic mass is 10.2. The summed E-state index contributed by atoms with van der Waals surface area (Å²) in [5.74, 6) is 2.34. The van der Waals surface area contributed by atoms with Gasteiger partial charge in [-0.1, -0.05) is 30.7 Å². The summed E-state index contributed by atoms with van der Waals surface area (Å²) in [5.41, 5.74) is 0. The van der Waals surface area contributed by atoms with Crippen LogP contribution < -0.4 is 10.1 Å². The summed E-state index contributed by atoms with van der Waals surface area (Å²) in [6, 6.07) is 7.27. The highest BCUT2D eigenvalue weighted by molar-refractivity contribution is 7.98. The molecule has 0 aliphatic carbocycles. The number of nitrogens with one attached hydrogen (secondary N) is 1. The van der Waals surface area contributed by atoms with Crippen LogP contribution in [0.15, 0.2) is 24.3 Å². The highest BCUT2D eigenvalue weighted by Crippen LogP contribution is 2.22. The molecule has 108 valence electrons. The van der Waals surface area contributed by atoms with E-state index >= 15 is 0 Å². The zero-order valence-corrected chi connectivity index (χ0v) is 13.0. The molecule has 0 aromatic heterocycles. The van der Waals surface area contributed by atoms with Gasteiger partial charge in [0, 0.05) is 6.54 Å². The van der Waals surface area contributed by atoms with Gasteiger partial charge in [-0.2, -0.15) is 11.8 Å². The molecule has 0 saturated carbocycles. The minimum Gasteiger partial charge on any atom is -0.489 e. The van der Waals surface area contributed by atoms with Crippen molar-refractivity contribution in [1.82, 2.24) is 5.32 Å². The predicted octanol–water partition coefficient (Wildman–Crippen LogP) is 2.67. The lowest BCUT2D eigenvalue weighted by Gasteiger charge is -2.16. The molecule has 1 aromatic carbocycles. The Morgan fingerprint density at radius 1 is 1.37 bits per heavy atom. The van der Waals surface area contributed by atoms with Crippen molar-refractivity contribution in [2.45, 2.75) is 13.0 Å². The largest absolute Gasteiger partial charge is 0.489 e. The van der Waals surface area contributed by atoms with E-state index in [0.29, 0.717) is 23.2 Å². The Balaban J connectivity index is 2.18. The van der Waals surface area contributed by atoms with Crippen LogP contribution in [-0.4, -0.2) is 42.9 Å². The van der Waals surface area contributed by atoms with Crippen molar-refractivity contribution < 1.29 is 9.84 Å². The third-order valence-electron chi connectivity index (χ3n) is 2.59. The van der Waals surface area contributed by atoms with E-state index in [9.17, 15) is 5.11 Å². The van der Waals surface area contributed by atoms with Crippen LogP contribution >= 0.6 is 23.4 Å². The molecule has 2 N–H and O–H groups in total. The number of hydrogen-bond donors (Lipinski definition) is 2. The number of thioether (sulfide) groups is 1. The molecule has 2 atom stereocenters. The van der Waals surface area contributed by atoms with Crippen molar-refractivity contribution in [2.75, 3.05) is 31.7 Å². The van der Waals surface area contributed by atoms with Crippen molar-refractivity contribution in [3.63, 3.8) is 0 Å². The number of ether oxygens (including phenoxy) is 1. The first-order chi connectivity index (χ1) is 9.13. The van der Waals surface area contributed by atoms with Gasteiger partial charge in [-0.3, -0.25) is 0 Å². The first-order valence-corrected chi connectivity index (χ1v) is 8.15. The Labute approximate surface area is 124 Å². The van der Waals surface area contributed by atoms with Crippen LogP contribution in [0.3, 0.4) is 0 Å². The molecule has 0 aliphatic rings. The first kappa shape index (κ1) is 16.6. The van der Waals surface area contributed by atoms with E-state index in [1.165, 1.54) is 0 Å². The summed E-state index contributed by atoms with van der Waals surface area (Å²) >= 11 is 7.80. The maximum Gasteiger partial charge on any atom is 0.138 e. The quantitative estimate of drug-likeness (QED) is 0.736. The minimum atomic E-state index is -0.530. The lowest BCUT2D eigenvalue weighted by Crippen LogP contribution is -2.34. The number of benzene rings is 1. The van der Waals surface area contributed by atoms with Crippen LogP contribution in [0.4, 0.5) is 0 Å². The van der Waals surface area contributed by atoms with E-state index in [1.807, 2.05) is 23.9 Å². The molecule has 3 nitrogen and oxygen atoms in total. The van der Waals surface area contributed by atoms with E-state index in [4.69, 9.17) is 16.3 Å². The average molecular weight is 304 g/mol. The topological polar surface area (TPSA) is 41.5 Å². The highest BCUT2D eigenvalue weighted by atomic mass is 35.5. The molecule has 0 aliphatic heterocycles. The van der Waals surface area contributed by atoms with Gasteiger partial charge in [0.2, 0.25) is 0 Å². The van der Waals surface area contributed by atoms with Gasteiger partial charge >= 0.3 is 0 Å². The van der Waals surface area contributed by atoms with Gasteiger partial charge in [-0.15, -0.1) is 0 Å². The normalized spacial score (nSPS) is 14.1. The molecule has 1 rings (SSSR count). The highest BCUT2D eigenvalue weighted by Gasteiger charge is 2.08. The fraction of sp³-hybridized carbons (Fsp3) is 0.571. The molecule has 1 aromatic rings. The van der Waals surface area contributed by atoms with Gasteiger partial charge in [0.25, 0.3) is 0 Å². The van der Waals surface area contributed by atoms with Crippen LogP contribution in [0.5, 0.6) is 5.75 Å². The number of hydrogen-bond acceptors (Lipinski definition) is 4. The van der Waals surface area contributed by atoms with Crippen LogP contribution in [0, 0.1) is 5.92 Å². The lowest BCUT2D eigenvalue weighted by molar-refractivity contribution is 0.106. The van der Waals surface area contributed by atoms with Crippen molar-refractivity contribution in [3.05, 3.63) is 29.3 Å². The van der Waals surface area contributed by atoms with E-state index < -0.39 is 6.10 Å². The van der Waals surface area contributed by atoms with Gasteiger partial charge in [-0.25, -0.2) is 0 Å². The molecular weight excluding hydrogens is 282 g/mol. The van der Waals surface area contributed by atoms with Gasteiger partial charge < -0.3 is 15.2 Å². The first-order valence-electron chi connectivity index (χ1n) is 6.38. The average Bonchev–Trinajstić information content (AvgIpc) is 2.38. The molecule has 0 radical (unpaired) electrons. The number of rotatable bonds is 9. The van der Waals surface area contributed by atoms with Crippen LogP contribution in [0.2, 0.25) is 5.02 Å². The van der Waals surface area contributed by atoms with Crippen molar-refractivity contribution in [3.8, 4) is 5.75 Å². The number of aliphatic hydroxyl groups excluding tert-OH is 1. The molecule has 0 heterocycles. The Morgan fingerprint density at radius 3 is 2.79 bits per heavy atom. The SMILES string of the molecule is CSCC(C)CNCC(O)COc1ccccc1Cl. The Morgan fingerprint density at radius 2 is 2.11 bits per heavy atom.